The molecule has 0 aliphatic heterocycles. The predicted octanol–water partition coefficient (Wildman–Crippen LogP) is 0.295. The minimum absolute atomic E-state index is 0.162. The monoisotopic (exact) mass is 162 g/mol. The zero-order chi connectivity index (χ0) is 8.39. The summed E-state index contributed by atoms with van der Waals surface area (Å²) in [6.45, 7) is 0. The van der Waals surface area contributed by atoms with Gasteiger partial charge in [0.05, 0.1) is 12.5 Å². The van der Waals surface area contributed by atoms with Crippen LogP contribution in [0.5, 0.6) is 0 Å². The summed E-state index contributed by atoms with van der Waals surface area (Å²) in [5.74, 6) is -0.162. The van der Waals surface area contributed by atoms with Crippen molar-refractivity contribution in [3.8, 4) is 0 Å². The highest BCUT2D eigenvalue weighted by Gasteiger charge is 2.07. The molecule has 0 saturated carbocycles. The maximum atomic E-state index is 11.4. The Kier molecular flexibility index (Phi) is 1.48. The van der Waals surface area contributed by atoms with Gasteiger partial charge in [-0.05, 0) is 0 Å². The minimum Gasteiger partial charge on any atom is -0.341 e. The maximum absolute atomic E-state index is 11.4. The van der Waals surface area contributed by atoms with Gasteiger partial charge in [-0.2, -0.15) is 0 Å². The summed E-state index contributed by atoms with van der Waals surface area (Å²) in [4.78, 5) is 21.6. The molecule has 60 valence electrons. The fourth-order valence-electron chi connectivity index (χ4n) is 0.891. The Bertz CT molecular complexity index is 326. The number of H-pyrrole nitrogens is 1. The molecule has 5 heteroatoms. The summed E-state index contributed by atoms with van der Waals surface area (Å²) in [5.41, 5.74) is 0.452. The Balaban J connectivity index is 2.34. The van der Waals surface area contributed by atoms with Crippen molar-refractivity contribution in [2.24, 2.45) is 0 Å². The fourth-order valence-corrected chi connectivity index (χ4v) is 0.891. The van der Waals surface area contributed by atoms with E-state index in [1.807, 2.05) is 0 Å². The van der Waals surface area contributed by atoms with Crippen molar-refractivity contribution >= 4 is 5.91 Å². The highest BCUT2D eigenvalue weighted by Crippen LogP contribution is 1.96. The van der Waals surface area contributed by atoms with E-state index in [1.54, 1.807) is 12.4 Å². The van der Waals surface area contributed by atoms with E-state index in [2.05, 4.69) is 15.0 Å². The second-order valence-corrected chi connectivity index (χ2v) is 2.24. The first-order valence-corrected chi connectivity index (χ1v) is 3.39. The molecule has 0 amide bonds. The standard InChI is InChI=1S/C7H6N4O/c12-7(6-3-9-4-10-6)11-2-1-8-5-11/h1-5H,(H,9,10). The van der Waals surface area contributed by atoms with Gasteiger partial charge in [-0.1, -0.05) is 0 Å². The van der Waals surface area contributed by atoms with Crippen LogP contribution in [0.2, 0.25) is 0 Å². The zero-order valence-corrected chi connectivity index (χ0v) is 6.14. The van der Waals surface area contributed by atoms with Crippen LogP contribution in [0.15, 0.2) is 31.2 Å². The third-order valence-corrected chi connectivity index (χ3v) is 1.47. The van der Waals surface area contributed by atoms with Crippen LogP contribution >= 0.6 is 0 Å². The van der Waals surface area contributed by atoms with Crippen LogP contribution in [-0.4, -0.2) is 25.4 Å². The van der Waals surface area contributed by atoms with Crippen molar-refractivity contribution in [2.75, 3.05) is 0 Å². The molecule has 0 radical (unpaired) electrons. The van der Waals surface area contributed by atoms with E-state index in [1.165, 1.54) is 23.4 Å². The molecule has 2 rings (SSSR count). The number of carbonyl (C=O) groups is 1. The van der Waals surface area contributed by atoms with Gasteiger partial charge in [-0.3, -0.25) is 9.36 Å². The predicted molar refractivity (Wildman–Crippen MR) is 40.5 cm³/mol. The average molecular weight is 162 g/mol. The summed E-state index contributed by atoms with van der Waals surface area (Å²) in [7, 11) is 0. The van der Waals surface area contributed by atoms with Gasteiger partial charge in [0.25, 0.3) is 5.91 Å². The highest BCUT2D eigenvalue weighted by atomic mass is 16.2. The van der Waals surface area contributed by atoms with Crippen molar-refractivity contribution in [2.45, 2.75) is 0 Å². The normalized spacial score (nSPS) is 10.0. The summed E-state index contributed by atoms with van der Waals surface area (Å²) in [6, 6.07) is 0. The molecule has 0 saturated heterocycles. The van der Waals surface area contributed by atoms with Crippen molar-refractivity contribution in [1.82, 2.24) is 19.5 Å². The lowest BCUT2D eigenvalue weighted by atomic mass is 10.4. The molecular formula is C7H6N4O. The first-order chi connectivity index (χ1) is 5.88. The van der Waals surface area contributed by atoms with Gasteiger partial charge >= 0.3 is 0 Å². The quantitative estimate of drug-likeness (QED) is 0.655. The summed E-state index contributed by atoms with van der Waals surface area (Å²) < 4.78 is 1.38. The lowest BCUT2D eigenvalue weighted by Crippen LogP contribution is -2.09. The zero-order valence-electron chi connectivity index (χ0n) is 6.14. The van der Waals surface area contributed by atoms with E-state index in [4.69, 9.17) is 0 Å². The Hall–Kier alpha value is -1.91. The van der Waals surface area contributed by atoms with Crippen LogP contribution in [-0.2, 0) is 0 Å². The molecule has 0 fully saturated rings. The van der Waals surface area contributed by atoms with Gasteiger partial charge in [0.2, 0.25) is 0 Å². The molecule has 1 N–H and O–H groups in total. The Morgan fingerprint density at radius 3 is 3.00 bits per heavy atom. The number of hydrogen-bond donors (Lipinski definition) is 1. The molecule has 5 nitrogen and oxygen atoms in total. The van der Waals surface area contributed by atoms with E-state index < -0.39 is 0 Å². The number of carbonyl (C=O) groups excluding carboxylic acids is 1. The molecular weight excluding hydrogens is 156 g/mol. The summed E-state index contributed by atoms with van der Waals surface area (Å²) >= 11 is 0. The molecule has 12 heavy (non-hydrogen) atoms. The largest absolute Gasteiger partial charge is 0.341 e. The fraction of sp³-hybridized carbons (Fsp3) is 0. The molecule has 2 aromatic rings. The topological polar surface area (TPSA) is 63.6 Å². The number of nitrogens with zero attached hydrogens (tertiary/aromatic N) is 3. The third-order valence-electron chi connectivity index (χ3n) is 1.47. The van der Waals surface area contributed by atoms with Gasteiger partial charge in [0, 0.05) is 12.4 Å². The smallest absolute Gasteiger partial charge is 0.281 e. The average Bonchev–Trinajstić information content (AvgIpc) is 2.77. The van der Waals surface area contributed by atoms with Gasteiger partial charge in [-0.25, -0.2) is 9.97 Å². The molecule has 2 aromatic heterocycles. The second kappa shape index (κ2) is 2.61. The SMILES string of the molecule is O=C(c1cnc[nH]1)n1ccnc1. The Morgan fingerprint density at radius 2 is 2.42 bits per heavy atom. The molecule has 0 unspecified atom stereocenters. The van der Waals surface area contributed by atoms with Crippen LogP contribution in [0.3, 0.4) is 0 Å². The summed E-state index contributed by atoms with van der Waals surface area (Å²) in [6.07, 6.45) is 7.52. The van der Waals surface area contributed by atoms with Crippen molar-refractivity contribution in [1.29, 1.82) is 0 Å². The van der Waals surface area contributed by atoms with Gasteiger partial charge in [0.15, 0.2) is 0 Å². The molecule has 0 spiro atoms. The lowest BCUT2D eigenvalue weighted by molar-refractivity contribution is 0.0955. The number of rotatable bonds is 1. The Labute approximate surface area is 68.1 Å². The second-order valence-electron chi connectivity index (χ2n) is 2.24. The molecule has 0 aliphatic carbocycles. The van der Waals surface area contributed by atoms with Gasteiger partial charge in [0.1, 0.15) is 12.0 Å². The lowest BCUT2D eigenvalue weighted by Gasteiger charge is -1.94. The van der Waals surface area contributed by atoms with E-state index in [-0.39, 0.29) is 5.91 Å². The minimum atomic E-state index is -0.162. The first kappa shape index (κ1) is 6.78. The molecule has 0 aromatic carbocycles. The van der Waals surface area contributed by atoms with Crippen LogP contribution in [0, 0.1) is 0 Å². The van der Waals surface area contributed by atoms with Crippen LogP contribution < -0.4 is 0 Å². The molecule has 0 atom stereocenters. The Morgan fingerprint density at radius 1 is 1.50 bits per heavy atom. The van der Waals surface area contributed by atoms with E-state index in [0.29, 0.717) is 5.69 Å². The number of imidazole rings is 2. The van der Waals surface area contributed by atoms with E-state index in [0.717, 1.165) is 0 Å². The van der Waals surface area contributed by atoms with Crippen molar-refractivity contribution in [3.63, 3.8) is 0 Å². The van der Waals surface area contributed by atoms with E-state index >= 15 is 0 Å². The molecule has 0 aliphatic rings. The number of nitrogens with one attached hydrogen (secondary N) is 1. The molecule has 2 heterocycles. The maximum Gasteiger partial charge on any atom is 0.281 e. The third kappa shape index (κ3) is 1.01. The van der Waals surface area contributed by atoms with Crippen LogP contribution in [0.1, 0.15) is 10.5 Å². The number of hydrogen-bond acceptors (Lipinski definition) is 3. The van der Waals surface area contributed by atoms with Gasteiger partial charge in [-0.15, -0.1) is 0 Å². The van der Waals surface area contributed by atoms with Crippen LogP contribution in [0.25, 0.3) is 0 Å². The van der Waals surface area contributed by atoms with Crippen molar-refractivity contribution < 1.29 is 4.79 Å². The van der Waals surface area contributed by atoms with Crippen LogP contribution in [0.4, 0.5) is 0 Å². The van der Waals surface area contributed by atoms with Crippen molar-refractivity contribution in [3.05, 3.63) is 36.9 Å². The first-order valence-electron chi connectivity index (χ1n) is 3.39. The van der Waals surface area contributed by atoms with E-state index in [9.17, 15) is 4.79 Å². The highest BCUT2D eigenvalue weighted by molar-refractivity contribution is 5.93. The number of aromatic nitrogens is 4. The molecule has 0 bridgehead atoms. The summed E-state index contributed by atoms with van der Waals surface area (Å²) in [5, 5.41) is 0. The number of aromatic amines is 1. The van der Waals surface area contributed by atoms with Gasteiger partial charge < -0.3 is 4.98 Å².